The number of nitrogens with one attached hydrogen (secondary N) is 1. The summed E-state index contributed by atoms with van der Waals surface area (Å²) in [5.41, 5.74) is 1.68. The third-order valence-corrected chi connectivity index (χ3v) is 5.64. The Morgan fingerprint density at radius 1 is 1.31 bits per heavy atom. The highest BCUT2D eigenvalue weighted by Crippen LogP contribution is 2.30. The highest BCUT2D eigenvalue weighted by Gasteiger charge is 2.33. The summed E-state index contributed by atoms with van der Waals surface area (Å²) in [4.78, 5) is 15.4. The van der Waals surface area contributed by atoms with Crippen molar-refractivity contribution in [2.45, 2.75) is 44.7 Å². The maximum absolute atomic E-state index is 14.8. The van der Waals surface area contributed by atoms with E-state index in [1.807, 2.05) is 12.1 Å². The van der Waals surface area contributed by atoms with Gasteiger partial charge in [-0.3, -0.25) is 4.79 Å². The van der Waals surface area contributed by atoms with Crippen LogP contribution in [0.5, 0.6) is 5.75 Å². The van der Waals surface area contributed by atoms with Gasteiger partial charge in [-0.15, -0.1) is 0 Å². The number of hydrogen-bond donors (Lipinski definition) is 3. The van der Waals surface area contributed by atoms with Crippen molar-refractivity contribution in [3.05, 3.63) is 71.2 Å². The zero-order chi connectivity index (χ0) is 23.1. The van der Waals surface area contributed by atoms with Crippen LogP contribution in [0.15, 0.2) is 54.3 Å². The second-order valence-corrected chi connectivity index (χ2v) is 8.05. The Bertz CT molecular complexity index is 959. The summed E-state index contributed by atoms with van der Waals surface area (Å²) in [7, 11) is 1.54. The molecule has 2 unspecified atom stereocenters. The van der Waals surface area contributed by atoms with E-state index in [2.05, 4.69) is 5.32 Å². The molecule has 3 rings (SSSR count). The molecule has 172 valence electrons. The van der Waals surface area contributed by atoms with E-state index in [-0.39, 0.29) is 29.9 Å². The Kier molecular flexibility index (Phi) is 8.11. The van der Waals surface area contributed by atoms with E-state index in [0.717, 1.165) is 24.8 Å². The summed E-state index contributed by atoms with van der Waals surface area (Å²) in [6.45, 7) is 2.10. The number of piperidine rings is 1. The zero-order valence-electron chi connectivity index (χ0n) is 18.6. The number of amides is 1. The van der Waals surface area contributed by atoms with Gasteiger partial charge in [0.2, 0.25) is 5.91 Å². The number of anilines is 1. The van der Waals surface area contributed by atoms with Crippen LogP contribution in [0.25, 0.3) is 0 Å². The van der Waals surface area contributed by atoms with E-state index in [0.29, 0.717) is 24.4 Å². The van der Waals surface area contributed by atoms with E-state index < -0.39 is 11.9 Å². The van der Waals surface area contributed by atoms with Crippen molar-refractivity contribution in [3.8, 4) is 5.75 Å². The number of halogens is 1. The molecule has 0 spiro atoms. The molecule has 0 saturated carbocycles. The molecule has 0 bridgehead atoms. The van der Waals surface area contributed by atoms with Crippen molar-refractivity contribution in [3.63, 3.8) is 0 Å². The quantitative estimate of drug-likeness (QED) is 0.529. The van der Waals surface area contributed by atoms with Gasteiger partial charge in [0.1, 0.15) is 17.6 Å². The van der Waals surface area contributed by atoms with Gasteiger partial charge in [0.15, 0.2) is 0 Å². The van der Waals surface area contributed by atoms with Gasteiger partial charge in [-0.25, -0.2) is 4.39 Å². The molecule has 6 nitrogen and oxygen atoms in total. The smallest absolute Gasteiger partial charge is 0.250 e. The lowest BCUT2D eigenvalue weighted by Gasteiger charge is -2.37. The molecule has 2 atom stereocenters. The van der Waals surface area contributed by atoms with Crippen LogP contribution in [0.3, 0.4) is 0 Å². The van der Waals surface area contributed by atoms with Crippen LogP contribution in [-0.4, -0.2) is 47.3 Å². The highest BCUT2D eigenvalue weighted by molar-refractivity contribution is 5.87. The monoisotopic (exact) mass is 442 g/mol. The van der Waals surface area contributed by atoms with Gasteiger partial charge >= 0.3 is 0 Å². The van der Waals surface area contributed by atoms with Gasteiger partial charge in [-0.1, -0.05) is 18.2 Å². The second kappa shape index (κ2) is 11.0. The molecule has 32 heavy (non-hydrogen) atoms. The van der Waals surface area contributed by atoms with E-state index in [1.165, 1.54) is 6.07 Å². The Hall–Kier alpha value is -3.06. The van der Waals surface area contributed by atoms with E-state index in [4.69, 9.17) is 4.74 Å². The number of carbonyl (C=O) groups is 1. The minimum atomic E-state index is -0.960. The fourth-order valence-electron chi connectivity index (χ4n) is 4.13. The number of ether oxygens (including phenoxy) is 1. The third kappa shape index (κ3) is 5.79. The fourth-order valence-corrected chi connectivity index (χ4v) is 4.13. The Morgan fingerprint density at radius 3 is 2.78 bits per heavy atom. The second-order valence-electron chi connectivity index (χ2n) is 8.05. The van der Waals surface area contributed by atoms with Crippen LogP contribution in [-0.2, 0) is 11.2 Å². The highest BCUT2D eigenvalue weighted by atomic mass is 19.1. The normalized spacial score (nSPS) is 17.7. The molecule has 1 heterocycles. The first-order valence-corrected chi connectivity index (χ1v) is 10.9. The Balaban J connectivity index is 2.00. The summed E-state index contributed by atoms with van der Waals surface area (Å²) in [6.07, 6.45) is 4.66. The minimum absolute atomic E-state index is 0.0232. The van der Waals surface area contributed by atoms with Crippen molar-refractivity contribution >= 4 is 11.6 Å². The largest absolute Gasteiger partial charge is 0.513 e. The first-order valence-electron chi connectivity index (χ1n) is 10.9. The molecule has 1 aliphatic heterocycles. The molecule has 1 aliphatic rings. The molecule has 2 aromatic rings. The molecule has 0 aromatic heterocycles. The molecule has 1 fully saturated rings. The lowest BCUT2D eigenvalue weighted by molar-refractivity contribution is -0.134. The van der Waals surface area contributed by atoms with Crippen molar-refractivity contribution in [2.24, 2.45) is 0 Å². The molecular formula is C25H31FN2O4. The predicted molar refractivity (Wildman–Crippen MR) is 122 cm³/mol. The molecule has 2 aromatic carbocycles. The van der Waals surface area contributed by atoms with Crippen LogP contribution in [0, 0.1) is 5.82 Å². The van der Waals surface area contributed by atoms with Crippen molar-refractivity contribution < 1.29 is 24.1 Å². The van der Waals surface area contributed by atoms with Gasteiger partial charge in [0, 0.05) is 30.5 Å². The maximum atomic E-state index is 14.8. The molecule has 0 radical (unpaired) electrons. The maximum Gasteiger partial charge on any atom is 0.250 e. The SMILES string of the molecule is COc1cc(CCO)cc(NC(C(=O)N2CCCCC2/C=C(\C)O)c2ccccc2F)c1. The van der Waals surface area contributed by atoms with Gasteiger partial charge in [-0.2, -0.15) is 0 Å². The van der Waals surface area contributed by atoms with Crippen LogP contribution in [0.1, 0.15) is 43.4 Å². The number of methoxy groups -OCH3 is 1. The number of allylic oxidation sites excluding steroid dienone is 1. The fraction of sp³-hybridized carbons (Fsp3) is 0.400. The summed E-state index contributed by atoms with van der Waals surface area (Å²) < 4.78 is 20.2. The number of aliphatic hydroxyl groups excluding tert-OH is 2. The summed E-state index contributed by atoms with van der Waals surface area (Å²) in [6, 6.07) is 10.4. The van der Waals surface area contributed by atoms with Gasteiger partial charge in [0.05, 0.1) is 18.9 Å². The van der Waals surface area contributed by atoms with Crippen LogP contribution in [0.4, 0.5) is 10.1 Å². The third-order valence-electron chi connectivity index (χ3n) is 5.64. The zero-order valence-corrected chi connectivity index (χ0v) is 18.6. The van der Waals surface area contributed by atoms with E-state index in [9.17, 15) is 19.4 Å². The molecule has 1 amide bonds. The number of nitrogens with zero attached hydrogens (tertiary/aromatic N) is 1. The van der Waals surface area contributed by atoms with Crippen LogP contribution < -0.4 is 10.1 Å². The molecule has 3 N–H and O–H groups in total. The lowest BCUT2D eigenvalue weighted by Crippen LogP contribution is -2.46. The lowest BCUT2D eigenvalue weighted by atomic mass is 9.97. The average Bonchev–Trinajstić information content (AvgIpc) is 2.77. The summed E-state index contributed by atoms with van der Waals surface area (Å²) in [5, 5.41) is 22.3. The van der Waals surface area contributed by atoms with Crippen LogP contribution >= 0.6 is 0 Å². The number of carbonyl (C=O) groups excluding carboxylic acids is 1. The van der Waals surface area contributed by atoms with Crippen LogP contribution in [0.2, 0.25) is 0 Å². The van der Waals surface area contributed by atoms with Crippen molar-refractivity contribution in [1.29, 1.82) is 0 Å². The molecule has 7 heteroatoms. The summed E-state index contributed by atoms with van der Waals surface area (Å²) in [5.74, 6) is 0.00232. The van der Waals surface area contributed by atoms with Gasteiger partial charge in [-0.05, 0) is 62.4 Å². The standard InChI is InChI=1S/C25H31FN2O4/c1-17(30)13-20-7-5-6-11-28(20)25(31)24(22-8-3-4-9-23(22)26)27-19-14-18(10-12-29)15-21(16-19)32-2/h3-4,8-9,13-16,20,24,27,29-30H,5-7,10-12H2,1-2H3/b17-13+. The van der Waals surface area contributed by atoms with E-state index in [1.54, 1.807) is 49.3 Å². The number of likely N-dealkylation sites (tertiary alicyclic amines) is 1. The first-order chi connectivity index (χ1) is 15.4. The topological polar surface area (TPSA) is 82.0 Å². The molecular weight excluding hydrogens is 411 g/mol. The van der Waals surface area contributed by atoms with Crippen molar-refractivity contribution in [2.75, 3.05) is 25.6 Å². The number of hydrogen-bond acceptors (Lipinski definition) is 5. The Morgan fingerprint density at radius 2 is 2.09 bits per heavy atom. The summed E-state index contributed by atoms with van der Waals surface area (Å²) >= 11 is 0. The minimum Gasteiger partial charge on any atom is -0.513 e. The Labute approximate surface area is 188 Å². The molecule has 0 aliphatic carbocycles. The number of rotatable bonds is 8. The first kappa shape index (κ1) is 23.6. The average molecular weight is 443 g/mol. The van der Waals surface area contributed by atoms with Gasteiger partial charge < -0.3 is 25.2 Å². The molecule has 1 saturated heterocycles. The van der Waals surface area contributed by atoms with Crippen molar-refractivity contribution in [1.82, 2.24) is 4.90 Å². The van der Waals surface area contributed by atoms with E-state index >= 15 is 0 Å². The van der Waals surface area contributed by atoms with Gasteiger partial charge in [0.25, 0.3) is 0 Å². The number of aliphatic hydroxyl groups is 2. The number of benzene rings is 2. The predicted octanol–water partition coefficient (Wildman–Crippen LogP) is 4.37.